The van der Waals surface area contributed by atoms with Gasteiger partial charge in [-0.15, -0.1) is 18.3 Å². The van der Waals surface area contributed by atoms with Gasteiger partial charge in [-0.2, -0.15) is 4.98 Å². The standard InChI is InChI=1S/C25H34N6OS/c1-4-16-33-24-20(9-7-15-26-24)23(32)27-17-11-13-18(14-12-17)28-25-29-21-10-6-5-8-19(21)22(30-25)31(2)3/h4,7,9,15,17-18H,1,5-6,8,10-14,16H2,2-3H3,(H,27,32)(H,28,29,30). The molecular weight excluding hydrogens is 432 g/mol. The van der Waals surface area contributed by atoms with Gasteiger partial charge in [-0.3, -0.25) is 4.79 Å². The van der Waals surface area contributed by atoms with Crippen molar-refractivity contribution >= 4 is 29.4 Å². The van der Waals surface area contributed by atoms with Crippen LogP contribution < -0.4 is 15.5 Å². The molecule has 0 saturated heterocycles. The summed E-state index contributed by atoms with van der Waals surface area (Å²) >= 11 is 1.53. The molecule has 1 saturated carbocycles. The molecule has 2 aliphatic carbocycles. The number of thioether (sulfide) groups is 1. The van der Waals surface area contributed by atoms with E-state index in [0.717, 1.165) is 61.1 Å². The van der Waals surface area contributed by atoms with Crippen LogP contribution in [0.3, 0.4) is 0 Å². The predicted octanol–water partition coefficient (Wildman–Crippen LogP) is 4.25. The number of hydrogen-bond donors (Lipinski definition) is 2. The van der Waals surface area contributed by atoms with E-state index in [9.17, 15) is 4.79 Å². The quantitative estimate of drug-likeness (QED) is 0.444. The summed E-state index contributed by atoms with van der Waals surface area (Å²) < 4.78 is 0. The van der Waals surface area contributed by atoms with Crippen LogP contribution in [0.25, 0.3) is 0 Å². The van der Waals surface area contributed by atoms with E-state index in [1.165, 1.54) is 35.9 Å². The first-order valence-corrected chi connectivity index (χ1v) is 12.9. The summed E-state index contributed by atoms with van der Waals surface area (Å²) in [5, 5.41) is 7.55. The molecule has 176 valence electrons. The van der Waals surface area contributed by atoms with Gasteiger partial charge < -0.3 is 15.5 Å². The highest BCUT2D eigenvalue weighted by atomic mass is 32.2. The average molecular weight is 467 g/mol. The minimum absolute atomic E-state index is 0.0419. The second kappa shape index (κ2) is 11.0. The van der Waals surface area contributed by atoms with Gasteiger partial charge in [-0.05, 0) is 63.5 Å². The van der Waals surface area contributed by atoms with E-state index in [0.29, 0.717) is 11.6 Å². The zero-order valence-electron chi connectivity index (χ0n) is 19.6. The molecular formula is C25H34N6OS. The van der Waals surface area contributed by atoms with Crippen LogP contribution >= 0.6 is 11.8 Å². The third kappa shape index (κ3) is 5.85. The maximum Gasteiger partial charge on any atom is 0.254 e. The minimum atomic E-state index is -0.0419. The molecule has 8 heteroatoms. The van der Waals surface area contributed by atoms with Gasteiger partial charge in [0.1, 0.15) is 10.8 Å². The number of aromatic nitrogens is 3. The Bertz CT molecular complexity index is 987. The van der Waals surface area contributed by atoms with E-state index < -0.39 is 0 Å². The van der Waals surface area contributed by atoms with Crippen molar-refractivity contribution in [2.24, 2.45) is 0 Å². The van der Waals surface area contributed by atoms with E-state index in [-0.39, 0.29) is 11.9 Å². The molecule has 7 nitrogen and oxygen atoms in total. The van der Waals surface area contributed by atoms with E-state index in [1.807, 2.05) is 18.2 Å². The van der Waals surface area contributed by atoms with Crippen LogP contribution in [0.2, 0.25) is 0 Å². The largest absolute Gasteiger partial charge is 0.362 e. The first-order chi connectivity index (χ1) is 16.0. The lowest BCUT2D eigenvalue weighted by Gasteiger charge is -2.30. The number of amides is 1. The van der Waals surface area contributed by atoms with Crippen LogP contribution in [0.1, 0.15) is 60.1 Å². The fourth-order valence-electron chi connectivity index (χ4n) is 4.65. The molecule has 0 radical (unpaired) electrons. The molecule has 0 bridgehead atoms. The average Bonchev–Trinajstić information content (AvgIpc) is 2.83. The minimum Gasteiger partial charge on any atom is -0.362 e. The van der Waals surface area contributed by atoms with Crippen LogP contribution in [-0.2, 0) is 12.8 Å². The molecule has 4 rings (SSSR count). The molecule has 2 aromatic rings. The van der Waals surface area contributed by atoms with Crippen LogP contribution in [0.15, 0.2) is 36.0 Å². The molecule has 2 N–H and O–H groups in total. The number of aryl methyl sites for hydroxylation is 1. The summed E-state index contributed by atoms with van der Waals surface area (Å²) in [7, 11) is 4.11. The van der Waals surface area contributed by atoms with Crippen molar-refractivity contribution in [3.63, 3.8) is 0 Å². The first kappa shape index (κ1) is 23.5. The number of rotatable bonds is 8. The molecule has 0 spiro atoms. The molecule has 2 aliphatic rings. The maximum absolute atomic E-state index is 12.9. The fourth-order valence-corrected chi connectivity index (χ4v) is 5.38. The summed E-state index contributed by atoms with van der Waals surface area (Å²) in [6.45, 7) is 3.75. The highest BCUT2D eigenvalue weighted by molar-refractivity contribution is 7.99. The lowest BCUT2D eigenvalue weighted by molar-refractivity contribution is 0.0923. The summed E-state index contributed by atoms with van der Waals surface area (Å²) in [5.74, 6) is 2.48. The van der Waals surface area contributed by atoms with Crippen molar-refractivity contribution in [2.45, 2.75) is 68.5 Å². The van der Waals surface area contributed by atoms with Crippen molar-refractivity contribution in [2.75, 3.05) is 30.1 Å². The Morgan fingerprint density at radius 3 is 2.70 bits per heavy atom. The van der Waals surface area contributed by atoms with Crippen molar-refractivity contribution in [3.05, 3.63) is 47.8 Å². The highest BCUT2D eigenvalue weighted by Crippen LogP contribution is 2.29. The molecule has 1 fully saturated rings. The van der Waals surface area contributed by atoms with E-state index in [1.54, 1.807) is 6.20 Å². The fraction of sp³-hybridized carbons (Fsp3) is 0.520. The normalized spacial score (nSPS) is 19.9. The van der Waals surface area contributed by atoms with Gasteiger partial charge in [0, 0.05) is 43.7 Å². The highest BCUT2D eigenvalue weighted by Gasteiger charge is 2.25. The van der Waals surface area contributed by atoms with Crippen molar-refractivity contribution in [1.82, 2.24) is 20.3 Å². The van der Waals surface area contributed by atoms with Gasteiger partial charge in [0.15, 0.2) is 0 Å². The van der Waals surface area contributed by atoms with Crippen LogP contribution in [0.4, 0.5) is 11.8 Å². The number of anilines is 2. The zero-order valence-corrected chi connectivity index (χ0v) is 20.5. The summed E-state index contributed by atoms with van der Waals surface area (Å²) in [6, 6.07) is 4.16. The van der Waals surface area contributed by atoms with Crippen LogP contribution in [0, 0.1) is 0 Å². The van der Waals surface area contributed by atoms with Gasteiger partial charge in [-0.1, -0.05) is 6.08 Å². The number of hydrogen-bond acceptors (Lipinski definition) is 7. The zero-order chi connectivity index (χ0) is 23.2. The predicted molar refractivity (Wildman–Crippen MR) is 135 cm³/mol. The molecule has 0 aromatic carbocycles. The number of carbonyl (C=O) groups excluding carboxylic acids is 1. The smallest absolute Gasteiger partial charge is 0.254 e. The van der Waals surface area contributed by atoms with Crippen molar-refractivity contribution < 1.29 is 4.79 Å². The Kier molecular flexibility index (Phi) is 7.85. The molecule has 1 amide bonds. The number of nitrogens with one attached hydrogen (secondary N) is 2. The third-order valence-corrected chi connectivity index (χ3v) is 7.34. The van der Waals surface area contributed by atoms with Gasteiger partial charge in [0.25, 0.3) is 5.91 Å². The molecule has 0 aliphatic heterocycles. The number of nitrogens with zero attached hydrogens (tertiary/aromatic N) is 4. The third-order valence-electron chi connectivity index (χ3n) is 6.33. The molecule has 33 heavy (non-hydrogen) atoms. The van der Waals surface area contributed by atoms with E-state index in [2.05, 4.69) is 41.2 Å². The molecule has 0 unspecified atom stereocenters. The second-order valence-electron chi connectivity index (χ2n) is 9.02. The van der Waals surface area contributed by atoms with Crippen molar-refractivity contribution in [3.8, 4) is 0 Å². The lowest BCUT2D eigenvalue weighted by atomic mass is 9.91. The maximum atomic E-state index is 12.9. The Morgan fingerprint density at radius 2 is 1.94 bits per heavy atom. The number of carbonyl (C=O) groups is 1. The van der Waals surface area contributed by atoms with E-state index in [4.69, 9.17) is 9.97 Å². The first-order valence-electron chi connectivity index (χ1n) is 11.9. The molecule has 2 heterocycles. The van der Waals surface area contributed by atoms with Gasteiger partial charge in [0.05, 0.1) is 11.3 Å². The molecule has 0 atom stereocenters. The van der Waals surface area contributed by atoms with Gasteiger partial charge in [-0.25, -0.2) is 9.97 Å². The SMILES string of the molecule is C=CCSc1ncccc1C(=O)NC1CCC(Nc2nc3c(c(N(C)C)n2)CCCC3)CC1. The van der Waals surface area contributed by atoms with Gasteiger partial charge in [0.2, 0.25) is 5.95 Å². The summed E-state index contributed by atoms with van der Waals surface area (Å²) in [5.41, 5.74) is 3.15. The van der Waals surface area contributed by atoms with Crippen molar-refractivity contribution in [1.29, 1.82) is 0 Å². The second-order valence-corrected chi connectivity index (χ2v) is 10.0. The number of pyridine rings is 1. The lowest BCUT2D eigenvalue weighted by Crippen LogP contribution is -2.40. The van der Waals surface area contributed by atoms with Crippen LogP contribution in [0.5, 0.6) is 0 Å². The monoisotopic (exact) mass is 466 g/mol. The Morgan fingerprint density at radius 1 is 1.18 bits per heavy atom. The van der Waals surface area contributed by atoms with E-state index >= 15 is 0 Å². The van der Waals surface area contributed by atoms with Gasteiger partial charge >= 0.3 is 0 Å². The Labute approximate surface area is 200 Å². The Hall–Kier alpha value is -2.61. The Balaban J connectivity index is 1.34. The van der Waals surface area contributed by atoms with Crippen LogP contribution in [-0.4, -0.2) is 52.8 Å². The topological polar surface area (TPSA) is 83.0 Å². The number of fused-ring (bicyclic) bond motifs is 1. The summed E-state index contributed by atoms with van der Waals surface area (Å²) in [4.78, 5) is 29.0. The molecule has 2 aromatic heterocycles. The summed E-state index contributed by atoms with van der Waals surface area (Å²) in [6.07, 6.45) is 11.9.